The molecule has 0 aliphatic carbocycles. The lowest BCUT2D eigenvalue weighted by Gasteiger charge is -2.46. The Bertz CT molecular complexity index is 546. The Morgan fingerprint density at radius 1 is 1.30 bits per heavy atom. The van der Waals surface area contributed by atoms with E-state index in [0.717, 1.165) is 12.8 Å². The number of fused-ring (bicyclic) bond motifs is 2. The summed E-state index contributed by atoms with van der Waals surface area (Å²) in [5.74, 6) is 0.363. The van der Waals surface area contributed by atoms with Crippen LogP contribution in [0.2, 0.25) is 0 Å². The molecule has 0 aromatic heterocycles. The summed E-state index contributed by atoms with van der Waals surface area (Å²) in [6.07, 6.45) is 5.68. The van der Waals surface area contributed by atoms with E-state index in [9.17, 15) is 4.79 Å². The van der Waals surface area contributed by atoms with Gasteiger partial charge in [0.15, 0.2) is 5.78 Å². The lowest BCUT2D eigenvalue weighted by Crippen LogP contribution is -2.51. The number of Topliss-reactive ketones (excluding diaryl/α,β-unsaturated/α-hetero) is 1. The maximum absolute atomic E-state index is 12.7. The molecule has 2 heterocycles. The van der Waals surface area contributed by atoms with Gasteiger partial charge in [-0.3, -0.25) is 4.79 Å². The number of benzene rings is 1. The summed E-state index contributed by atoms with van der Waals surface area (Å²) >= 11 is 0. The fourth-order valence-electron chi connectivity index (χ4n) is 3.81. The third-order valence-corrected chi connectivity index (χ3v) is 4.99. The lowest BCUT2D eigenvalue weighted by molar-refractivity contribution is 0.0338. The van der Waals surface area contributed by atoms with Gasteiger partial charge in [0.25, 0.3) is 0 Å². The quantitative estimate of drug-likeness (QED) is 0.774. The molecule has 2 unspecified atom stereocenters. The SMILES string of the molecule is CN1C2CCCC1CC(C(=O)c1cccc(C#N)c1)C2. The smallest absolute Gasteiger partial charge is 0.166 e. The maximum atomic E-state index is 12.7. The van der Waals surface area contributed by atoms with Gasteiger partial charge in [0.05, 0.1) is 11.6 Å². The van der Waals surface area contributed by atoms with E-state index in [1.807, 2.05) is 12.1 Å². The number of nitriles is 1. The monoisotopic (exact) mass is 268 g/mol. The number of ketones is 1. The molecule has 0 radical (unpaired) electrons. The molecule has 0 N–H and O–H groups in total. The molecule has 0 spiro atoms. The molecule has 3 nitrogen and oxygen atoms in total. The molecule has 20 heavy (non-hydrogen) atoms. The van der Waals surface area contributed by atoms with Crippen LogP contribution in [0, 0.1) is 17.2 Å². The van der Waals surface area contributed by atoms with Gasteiger partial charge in [-0.15, -0.1) is 0 Å². The average Bonchev–Trinajstić information content (AvgIpc) is 2.46. The summed E-state index contributed by atoms with van der Waals surface area (Å²) < 4.78 is 0. The molecule has 2 aliphatic rings. The number of nitrogens with zero attached hydrogens (tertiary/aromatic N) is 2. The van der Waals surface area contributed by atoms with Crippen LogP contribution >= 0.6 is 0 Å². The van der Waals surface area contributed by atoms with Crippen LogP contribution in [0.4, 0.5) is 0 Å². The topological polar surface area (TPSA) is 44.1 Å². The highest BCUT2D eigenvalue weighted by atomic mass is 16.1. The summed E-state index contributed by atoms with van der Waals surface area (Å²) in [5, 5.41) is 8.95. The van der Waals surface area contributed by atoms with Crippen molar-refractivity contribution in [3.63, 3.8) is 0 Å². The molecule has 2 bridgehead atoms. The minimum Gasteiger partial charge on any atom is -0.300 e. The molecule has 1 aromatic carbocycles. The number of carbonyl (C=O) groups excluding carboxylic acids is 1. The molecular weight excluding hydrogens is 248 g/mol. The molecule has 2 fully saturated rings. The second kappa shape index (κ2) is 5.38. The van der Waals surface area contributed by atoms with Crippen LogP contribution in [0.3, 0.4) is 0 Å². The normalized spacial score (nSPS) is 29.7. The van der Waals surface area contributed by atoms with Crippen molar-refractivity contribution in [2.24, 2.45) is 5.92 Å². The average molecular weight is 268 g/mol. The van der Waals surface area contributed by atoms with E-state index in [1.165, 1.54) is 19.3 Å². The summed E-state index contributed by atoms with van der Waals surface area (Å²) in [6.45, 7) is 0. The van der Waals surface area contributed by atoms with Crippen LogP contribution < -0.4 is 0 Å². The fourth-order valence-corrected chi connectivity index (χ4v) is 3.81. The van der Waals surface area contributed by atoms with E-state index >= 15 is 0 Å². The fraction of sp³-hybridized carbons (Fsp3) is 0.529. The van der Waals surface area contributed by atoms with Crippen molar-refractivity contribution in [1.82, 2.24) is 4.90 Å². The van der Waals surface area contributed by atoms with Gasteiger partial charge in [0.1, 0.15) is 0 Å². The Morgan fingerprint density at radius 3 is 2.65 bits per heavy atom. The summed E-state index contributed by atoms with van der Waals surface area (Å²) in [7, 11) is 2.20. The molecule has 3 heteroatoms. The number of piperidine rings is 2. The Hall–Kier alpha value is -1.66. The van der Waals surface area contributed by atoms with Gasteiger partial charge < -0.3 is 4.90 Å². The van der Waals surface area contributed by atoms with Crippen LogP contribution in [0.5, 0.6) is 0 Å². The number of rotatable bonds is 2. The van der Waals surface area contributed by atoms with Crippen LogP contribution in [0.1, 0.15) is 48.0 Å². The van der Waals surface area contributed by atoms with E-state index in [0.29, 0.717) is 23.2 Å². The third-order valence-electron chi connectivity index (χ3n) is 4.99. The molecule has 3 rings (SSSR count). The van der Waals surface area contributed by atoms with Crippen LogP contribution in [0.15, 0.2) is 24.3 Å². The number of carbonyl (C=O) groups is 1. The van der Waals surface area contributed by atoms with E-state index < -0.39 is 0 Å². The predicted molar refractivity (Wildman–Crippen MR) is 77.4 cm³/mol. The van der Waals surface area contributed by atoms with Gasteiger partial charge in [0.2, 0.25) is 0 Å². The highest BCUT2D eigenvalue weighted by Crippen LogP contribution is 2.37. The van der Waals surface area contributed by atoms with Crippen molar-refractivity contribution in [2.75, 3.05) is 7.05 Å². The Balaban J connectivity index is 1.79. The van der Waals surface area contributed by atoms with Gasteiger partial charge >= 0.3 is 0 Å². The van der Waals surface area contributed by atoms with E-state index in [4.69, 9.17) is 5.26 Å². The first-order chi connectivity index (χ1) is 9.69. The minimum atomic E-state index is 0.135. The highest BCUT2D eigenvalue weighted by Gasteiger charge is 2.38. The molecule has 1 aromatic rings. The standard InChI is InChI=1S/C17H20N2O/c1-19-15-6-3-7-16(19)10-14(9-15)17(20)13-5-2-4-12(8-13)11-18/h2,4-5,8,14-16H,3,6-7,9-10H2,1H3. The molecular formula is C17H20N2O. The number of hydrogen-bond donors (Lipinski definition) is 0. The third kappa shape index (κ3) is 2.36. The van der Waals surface area contributed by atoms with E-state index in [1.54, 1.807) is 12.1 Å². The molecule has 0 saturated carbocycles. The molecule has 104 valence electrons. The largest absolute Gasteiger partial charge is 0.300 e. The van der Waals surface area contributed by atoms with Crippen molar-refractivity contribution in [3.8, 4) is 6.07 Å². The van der Waals surface area contributed by atoms with Gasteiger partial charge in [0, 0.05) is 23.6 Å². The van der Waals surface area contributed by atoms with Crippen LogP contribution in [0.25, 0.3) is 0 Å². The zero-order valence-corrected chi connectivity index (χ0v) is 11.9. The van der Waals surface area contributed by atoms with Gasteiger partial charge in [-0.05, 0) is 44.9 Å². The summed E-state index contributed by atoms with van der Waals surface area (Å²) in [4.78, 5) is 15.1. The highest BCUT2D eigenvalue weighted by molar-refractivity contribution is 5.98. The zero-order valence-electron chi connectivity index (χ0n) is 11.9. The van der Waals surface area contributed by atoms with Gasteiger partial charge in [-0.1, -0.05) is 18.6 Å². The Morgan fingerprint density at radius 2 is 2.00 bits per heavy atom. The van der Waals surface area contributed by atoms with Crippen molar-refractivity contribution in [2.45, 2.75) is 44.2 Å². The van der Waals surface area contributed by atoms with Crippen molar-refractivity contribution >= 4 is 5.78 Å². The first kappa shape index (κ1) is 13.3. The van der Waals surface area contributed by atoms with Crippen molar-refractivity contribution in [1.29, 1.82) is 5.26 Å². The summed E-state index contributed by atoms with van der Waals surface area (Å²) in [5.41, 5.74) is 1.28. The molecule has 2 saturated heterocycles. The second-order valence-corrected chi connectivity index (χ2v) is 6.13. The van der Waals surface area contributed by atoms with E-state index in [2.05, 4.69) is 18.0 Å². The molecule has 2 aliphatic heterocycles. The Kier molecular flexibility index (Phi) is 3.58. The first-order valence-corrected chi connectivity index (χ1v) is 7.45. The van der Waals surface area contributed by atoms with Gasteiger partial charge in [-0.25, -0.2) is 0 Å². The minimum absolute atomic E-state index is 0.135. The molecule has 0 amide bonds. The zero-order chi connectivity index (χ0) is 14.1. The first-order valence-electron chi connectivity index (χ1n) is 7.45. The molecule has 2 atom stereocenters. The second-order valence-electron chi connectivity index (χ2n) is 6.13. The van der Waals surface area contributed by atoms with E-state index in [-0.39, 0.29) is 11.7 Å². The summed E-state index contributed by atoms with van der Waals surface area (Å²) in [6, 6.07) is 10.4. The lowest BCUT2D eigenvalue weighted by atomic mass is 9.76. The number of hydrogen-bond acceptors (Lipinski definition) is 3. The maximum Gasteiger partial charge on any atom is 0.166 e. The van der Waals surface area contributed by atoms with Crippen LogP contribution in [-0.4, -0.2) is 29.8 Å². The van der Waals surface area contributed by atoms with Crippen LogP contribution in [-0.2, 0) is 0 Å². The van der Waals surface area contributed by atoms with Gasteiger partial charge in [-0.2, -0.15) is 5.26 Å². The van der Waals surface area contributed by atoms with Crippen molar-refractivity contribution < 1.29 is 4.79 Å². The predicted octanol–water partition coefficient (Wildman–Crippen LogP) is 3.00. The Labute approximate surface area is 120 Å². The van der Waals surface area contributed by atoms with Crippen molar-refractivity contribution in [3.05, 3.63) is 35.4 Å².